The quantitative estimate of drug-likeness (QED) is 0.542. The van der Waals surface area contributed by atoms with Crippen molar-refractivity contribution >= 4 is 29.2 Å². The summed E-state index contributed by atoms with van der Waals surface area (Å²) in [7, 11) is 4.16. The molecule has 1 aromatic rings. The molecule has 1 aromatic heterocycles. The van der Waals surface area contributed by atoms with Crippen molar-refractivity contribution in [3.8, 4) is 0 Å². The summed E-state index contributed by atoms with van der Waals surface area (Å²) in [6.07, 6.45) is -6.08. The van der Waals surface area contributed by atoms with Gasteiger partial charge in [0, 0.05) is 49.6 Å². The van der Waals surface area contributed by atoms with E-state index in [1.807, 2.05) is 11.3 Å². The van der Waals surface area contributed by atoms with Crippen molar-refractivity contribution in [1.82, 2.24) is 14.7 Å². The number of aliphatic carboxylic acids is 2. The van der Waals surface area contributed by atoms with Gasteiger partial charge in [-0.25, -0.2) is 9.59 Å². The van der Waals surface area contributed by atoms with E-state index >= 15 is 0 Å². The summed E-state index contributed by atoms with van der Waals surface area (Å²) in [4.78, 5) is 38.5. The lowest BCUT2D eigenvalue weighted by atomic mass is 9.85. The van der Waals surface area contributed by atoms with Gasteiger partial charge in [-0.3, -0.25) is 9.69 Å². The van der Waals surface area contributed by atoms with Crippen molar-refractivity contribution < 1.29 is 50.9 Å². The number of likely N-dealkylation sites (N-methyl/N-ethyl adjacent to an activating group) is 1. The fraction of sp³-hybridized carbons (Fsp3) is 0.667. The van der Waals surface area contributed by atoms with Gasteiger partial charge in [-0.1, -0.05) is 6.07 Å². The highest BCUT2D eigenvalue weighted by atomic mass is 32.1. The van der Waals surface area contributed by atoms with Crippen LogP contribution in [0.15, 0.2) is 17.5 Å². The molecule has 0 bridgehead atoms. The molecule has 0 aliphatic carbocycles. The van der Waals surface area contributed by atoms with E-state index in [1.165, 1.54) is 4.88 Å². The van der Waals surface area contributed by atoms with Gasteiger partial charge < -0.3 is 20.0 Å². The molecule has 2 aliphatic rings. The highest BCUT2D eigenvalue weighted by Crippen LogP contribution is 2.39. The van der Waals surface area contributed by atoms with Crippen LogP contribution >= 0.6 is 11.3 Å². The molecule has 2 N–H and O–H groups in total. The average Bonchev–Trinajstić information content (AvgIpc) is 3.36. The first kappa shape index (κ1) is 31.6. The highest BCUT2D eigenvalue weighted by molar-refractivity contribution is 7.09. The Morgan fingerprint density at radius 3 is 1.92 bits per heavy atom. The van der Waals surface area contributed by atoms with Crippen LogP contribution in [0.3, 0.4) is 0 Å². The molecule has 2 saturated heterocycles. The first-order valence-electron chi connectivity index (χ1n) is 10.8. The Morgan fingerprint density at radius 1 is 1.03 bits per heavy atom. The molecule has 0 aromatic carbocycles. The Labute approximate surface area is 208 Å². The molecule has 206 valence electrons. The molecule has 0 unspecified atom stereocenters. The summed E-state index contributed by atoms with van der Waals surface area (Å²) >= 11 is 1.84. The third kappa shape index (κ3) is 10.3. The molecule has 0 saturated carbocycles. The maximum Gasteiger partial charge on any atom is 0.490 e. The van der Waals surface area contributed by atoms with Gasteiger partial charge in [-0.2, -0.15) is 26.3 Å². The average molecular weight is 550 g/mol. The number of carbonyl (C=O) groups is 3. The molecule has 0 atom stereocenters. The van der Waals surface area contributed by atoms with Gasteiger partial charge in [0.2, 0.25) is 5.91 Å². The van der Waals surface area contributed by atoms with E-state index in [9.17, 15) is 31.1 Å². The van der Waals surface area contributed by atoms with Crippen LogP contribution < -0.4 is 0 Å². The van der Waals surface area contributed by atoms with Crippen molar-refractivity contribution in [2.75, 3.05) is 40.3 Å². The number of hydrogen-bond acceptors (Lipinski definition) is 6. The molecule has 3 rings (SSSR count). The first-order valence-corrected chi connectivity index (χ1v) is 11.7. The summed E-state index contributed by atoms with van der Waals surface area (Å²) < 4.78 is 63.5. The molecule has 1 spiro atoms. The predicted molar refractivity (Wildman–Crippen MR) is 118 cm³/mol. The Hall–Kier alpha value is -2.39. The molecule has 2 fully saturated rings. The largest absolute Gasteiger partial charge is 0.490 e. The fourth-order valence-electron chi connectivity index (χ4n) is 3.81. The normalized spacial score (nSPS) is 17.9. The number of rotatable bonds is 5. The number of carboxylic acid groups (broad SMARTS) is 2. The fourth-order valence-corrected chi connectivity index (χ4v) is 4.55. The molecule has 3 heterocycles. The number of likely N-dealkylation sites (tertiary alicyclic amines) is 2. The Balaban J connectivity index is 0.000000383. The number of amides is 1. The maximum absolute atomic E-state index is 12.3. The predicted octanol–water partition coefficient (Wildman–Crippen LogP) is 3.53. The summed E-state index contributed by atoms with van der Waals surface area (Å²) in [6.45, 7) is 5.15. The van der Waals surface area contributed by atoms with Crippen molar-refractivity contribution in [1.29, 1.82) is 0 Å². The van der Waals surface area contributed by atoms with Crippen LogP contribution in [-0.2, 0) is 20.9 Å². The number of alkyl halides is 6. The van der Waals surface area contributed by atoms with Gasteiger partial charge in [-0.15, -0.1) is 11.3 Å². The minimum atomic E-state index is -5.08. The van der Waals surface area contributed by atoms with Crippen LogP contribution in [0.1, 0.15) is 30.6 Å². The van der Waals surface area contributed by atoms with Crippen LogP contribution in [0.5, 0.6) is 0 Å². The third-order valence-electron chi connectivity index (χ3n) is 5.68. The third-order valence-corrected chi connectivity index (χ3v) is 6.54. The second kappa shape index (κ2) is 13.2. The summed E-state index contributed by atoms with van der Waals surface area (Å²) in [6, 6.07) is 4.35. The van der Waals surface area contributed by atoms with E-state index in [1.54, 1.807) is 0 Å². The summed E-state index contributed by atoms with van der Waals surface area (Å²) in [5.41, 5.74) is 0.152. The van der Waals surface area contributed by atoms with Gasteiger partial charge in [0.05, 0.1) is 0 Å². The van der Waals surface area contributed by atoms with Crippen LogP contribution in [0.4, 0.5) is 26.3 Å². The van der Waals surface area contributed by atoms with Crippen molar-refractivity contribution in [2.24, 2.45) is 0 Å². The standard InChI is InChI=1S/C17H27N3OS.2C2HF3O2/c1-18(2)11-12-20-16(21)5-6-17(20)7-9-19(10-8-17)14-15-4-3-13-22-15;2*3-2(4,5)1(6)7/h3-4,13H,5-12,14H2,1-2H3;2*(H,6,7). The van der Waals surface area contributed by atoms with Crippen LogP contribution in [-0.4, -0.2) is 101 Å². The van der Waals surface area contributed by atoms with Crippen molar-refractivity contribution in [3.05, 3.63) is 22.4 Å². The van der Waals surface area contributed by atoms with Crippen LogP contribution in [0.2, 0.25) is 0 Å². The molecule has 2 aliphatic heterocycles. The van der Waals surface area contributed by atoms with E-state index in [4.69, 9.17) is 19.8 Å². The van der Waals surface area contributed by atoms with E-state index < -0.39 is 24.3 Å². The summed E-state index contributed by atoms with van der Waals surface area (Å²) in [5.74, 6) is -5.14. The van der Waals surface area contributed by atoms with E-state index in [2.05, 4.69) is 46.3 Å². The van der Waals surface area contributed by atoms with Crippen molar-refractivity contribution in [3.63, 3.8) is 0 Å². The second-order valence-corrected chi connectivity index (χ2v) is 9.57. The molecule has 0 radical (unpaired) electrons. The van der Waals surface area contributed by atoms with Gasteiger partial charge in [0.25, 0.3) is 0 Å². The van der Waals surface area contributed by atoms with E-state index in [0.29, 0.717) is 5.91 Å². The zero-order valence-electron chi connectivity index (χ0n) is 19.7. The molecule has 15 heteroatoms. The molecular weight excluding hydrogens is 520 g/mol. The Morgan fingerprint density at radius 2 is 1.53 bits per heavy atom. The number of carboxylic acids is 2. The van der Waals surface area contributed by atoms with Crippen LogP contribution in [0.25, 0.3) is 0 Å². The molecule has 36 heavy (non-hydrogen) atoms. The van der Waals surface area contributed by atoms with Gasteiger partial charge in [-0.05, 0) is 44.8 Å². The molecular formula is C21H29F6N3O5S. The van der Waals surface area contributed by atoms with E-state index in [0.717, 1.165) is 58.4 Å². The zero-order valence-corrected chi connectivity index (χ0v) is 20.5. The first-order chi connectivity index (χ1) is 16.5. The van der Waals surface area contributed by atoms with Gasteiger partial charge in [0.1, 0.15) is 0 Å². The lowest BCUT2D eigenvalue weighted by Crippen LogP contribution is -2.54. The number of hydrogen-bond donors (Lipinski definition) is 2. The summed E-state index contributed by atoms with van der Waals surface area (Å²) in [5, 5.41) is 16.4. The second-order valence-electron chi connectivity index (χ2n) is 8.53. The zero-order chi connectivity index (χ0) is 27.7. The topological polar surface area (TPSA) is 101 Å². The number of halogens is 6. The SMILES string of the molecule is CN(C)CCN1C(=O)CCC12CCN(Cc1cccs1)CC2.O=C(O)C(F)(F)F.O=C(O)C(F)(F)F. The molecule has 8 nitrogen and oxygen atoms in total. The highest BCUT2D eigenvalue weighted by Gasteiger charge is 2.46. The molecule has 1 amide bonds. The Kier molecular flexibility index (Phi) is 11.6. The lowest BCUT2D eigenvalue weighted by molar-refractivity contribution is -0.193. The van der Waals surface area contributed by atoms with Gasteiger partial charge >= 0.3 is 24.3 Å². The van der Waals surface area contributed by atoms with Gasteiger partial charge in [0.15, 0.2) is 0 Å². The monoisotopic (exact) mass is 549 g/mol. The number of piperidine rings is 1. The number of carbonyl (C=O) groups excluding carboxylic acids is 1. The minimum Gasteiger partial charge on any atom is -0.475 e. The van der Waals surface area contributed by atoms with E-state index in [-0.39, 0.29) is 5.54 Å². The number of nitrogens with zero attached hydrogens (tertiary/aromatic N) is 3. The smallest absolute Gasteiger partial charge is 0.475 e. The lowest BCUT2D eigenvalue weighted by Gasteiger charge is -2.45. The Bertz CT molecular complexity index is 829. The minimum absolute atomic E-state index is 0.152. The number of thiophene rings is 1. The van der Waals surface area contributed by atoms with Crippen LogP contribution in [0, 0.1) is 0 Å². The van der Waals surface area contributed by atoms with Crippen molar-refractivity contribution in [2.45, 2.75) is 50.1 Å². The maximum atomic E-state index is 12.3.